The molecule has 0 aromatic heterocycles. The Labute approximate surface area is 126 Å². The van der Waals surface area contributed by atoms with Gasteiger partial charge in [0.2, 0.25) is 0 Å². The van der Waals surface area contributed by atoms with Crippen LogP contribution in [0.15, 0.2) is 42.5 Å². The highest BCUT2D eigenvalue weighted by Gasteiger charge is 2.25. The predicted molar refractivity (Wildman–Crippen MR) is 85.1 cm³/mol. The number of benzene rings is 2. The van der Waals surface area contributed by atoms with Crippen LogP contribution in [0.4, 0.5) is 4.39 Å². The van der Waals surface area contributed by atoms with E-state index in [1.807, 2.05) is 14.0 Å². The first-order chi connectivity index (χ1) is 10.2. The third kappa shape index (κ3) is 2.86. The molecule has 1 atom stereocenters. The Morgan fingerprint density at radius 1 is 1.14 bits per heavy atom. The van der Waals surface area contributed by atoms with Gasteiger partial charge in [-0.1, -0.05) is 36.8 Å². The topological polar surface area (TPSA) is 12.0 Å². The maximum Gasteiger partial charge on any atom is 0.123 e. The Balaban J connectivity index is 2.03. The molecule has 1 saturated carbocycles. The Hall–Kier alpha value is -1.67. The first-order valence-electron chi connectivity index (χ1n) is 7.72. The summed E-state index contributed by atoms with van der Waals surface area (Å²) in [7, 11) is 1.95. The van der Waals surface area contributed by atoms with Gasteiger partial charge >= 0.3 is 0 Å². The molecule has 1 aliphatic carbocycles. The molecule has 1 fully saturated rings. The number of halogens is 1. The van der Waals surface area contributed by atoms with E-state index in [0.29, 0.717) is 5.92 Å². The van der Waals surface area contributed by atoms with Crippen molar-refractivity contribution < 1.29 is 4.39 Å². The summed E-state index contributed by atoms with van der Waals surface area (Å²) in [6.45, 7) is 1.94. The number of aryl methyl sites for hydroxylation is 1. The van der Waals surface area contributed by atoms with Gasteiger partial charge in [0.05, 0.1) is 6.04 Å². The van der Waals surface area contributed by atoms with Gasteiger partial charge in [-0.15, -0.1) is 0 Å². The van der Waals surface area contributed by atoms with Gasteiger partial charge in [-0.3, -0.25) is 0 Å². The van der Waals surface area contributed by atoms with Crippen molar-refractivity contribution in [3.05, 3.63) is 70.5 Å². The van der Waals surface area contributed by atoms with E-state index in [2.05, 4.69) is 35.6 Å². The number of rotatable bonds is 4. The van der Waals surface area contributed by atoms with Crippen LogP contribution >= 0.6 is 0 Å². The molecule has 0 heterocycles. The zero-order chi connectivity index (χ0) is 14.8. The number of hydrogen-bond acceptors (Lipinski definition) is 1. The first-order valence-corrected chi connectivity index (χ1v) is 7.72. The fourth-order valence-corrected chi connectivity index (χ4v) is 3.30. The van der Waals surface area contributed by atoms with E-state index in [9.17, 15) is 4.39 Å². The van der Waals surface area contributed by atoms with Crippen LogP contribution in [0, 0.1) is 12.7 Å². The molecule has 2 aromatic carbocycles. The van der Waals surface area contributed by atoms with Gasteiger partial charge in [-0.25, -0.2) is 4.39 Å². The minimum absolute atomic E-state index is 0.0520. The maximum absolute atomic E-state index is 13.7. The first kappa shape index (κ1) is 14.3. The van der Waals surface area contributed by atoms with E-state index < -0.39 is 0 Å². The molecule has 1 nitrogen and oxygen atoms in total. The van der Waals surface area contributed by atoms with Crippen LogP contribution in [-0.4, -0.2) is 7.05 Å². The van der Waals surface area contributed by atoms with Crippen LogP contribution in [0.25, 0.3) is 0 Å². The molecule has 0 bridgehead atoms. The second-order valence-corrected chi connectivity index (χ2v) is 6.04. The maximum atomic E-state index is 13.7. The highest BCUT2D eigenvalue weighted by molar-refractivity contribution is 5.41. The summed E-state index contributed by atoms with van der Waals surface area (Å²) in [4.78, 5) is 0. The summed E-state index contributed by atoms with van der Waals surface area (Å²) in [6, 6.07) is 13.9. The smallest absolute Gasteiger partial charge is 0.123 e. The molecular formula is C19H22FN. The van der Waals surface area contributed by atoms with E-state index >= 15 is 0 Å². The molecule has 0 spiro atoms. The van der Waals surface area contributed by atoms with Crippen molar-refractivity contribution >= 4 is 0 Å². The molecule has 1 aliphatic rings. The molecule has 0 amide bonds. The summed E-state index contributed by atoms with van der Waals surface area (Å²) < 4.78 is 13.7. The number of hydrogen-bond donors (Lipinski definition) is 1. The molecule has 2 aromatic rings. The Kier molecular flexibility index (Phi) is 4.07. The van der Waals surface area contributed by atoms with Crippen LogP contribution in [0.5, 0.6) is 0 Å². The zero-order valence-electron chi connectivity index (χ0n) is 12.7. The van der Waals surface area contributed by atoms with Gasteiger partial charge in [-0.2, -0.15) is 0 Å². The standard InChI is InChI=1S/C19H22FN/c1-13-10-15(12-16(20)11-13)19(21-2)18-9-4-3-8-17(18)14-6-5-7-14/h3-4,8-12,14,19,21H,5-7H2,1-2H3. The van der Waals surface area contributed by atoms with Crippen molar-refractivity contribution in [3.8, 4) is 0 Å². The highest BCUT2D eigenvalue weighted by Crippen LogP contribution is 2.40. The molecule has 0 saturated heterocycles. The quantitative estimate of drug-likeness (QED) is 0.857. The van der Waals surface area contributed by atoms with E-state index in [-0.39, 0.29) is 11.9 Å². The van der Waals surface area contributed by atoms with Gasteiger partial charge in [0.1, 0.15) is 5.82 Å². The van der Waals surface area contributed by atoms with Crippen molar-refractivity contribution in [3.63, 3.8) is 0 Å². The van der Waals surface area contributed by atoms with E-state index in [4.69, 9.17) is 0 Å². The summed E-state index contributed by atoms with van der Waals surface area (Å²) in [6.07, 6.45) is 3.87. The van der Waals surface area contributed by atoms with Crippen LogP contribution in [0.1, 0.15) is 53.5 Å². The Morgan fingerprint density at radius 3 is 2.52 bits per heavy atom. The predicted octanol–water partition coefficient (Wildman–Crippen LogP) is 4.71. The molecule has 0 radical (unpaired) electrons. The molecule has 0 aliphatic heterocycles. The Morgan fingerprint density at radius 2 is 1.90 bits per heavy atom. The van der Waals surface area contributed by atoms with Crippen molar-refractivity contribution in [1.29, 1.82) is 0 Å². The monoisotopic (exact) mass is 283 g/mol. The summed E-state index contributed by atoms with van der Waals surface area (Å²) in [5, 5.41) is 3.37. The largest absolute Gasteiger partial charge is 0.309 e. The summed E-state index contributed by atoms with van der Waals surface area (Å²) >= 11 is 0. The second kappa shape index (κ2) is 5.98. The van der Waals surface area contributed by atoms with Crippen molar-refractivity contribution in [2.45, 2.75) is 38.1 Å². The third-order valence-electron chi connectivity index (χ3n) is 4.54. The minimum Gasteiger partial charge on any atom is -0.309 e. The van der Waals surface area contributed by atoms with E-state index in [1.165, 1.54) is 30.4 Å². The van der Waals surface area contributed by atoms with Gasteiger partial charge in [-0.05, 0) is 67.1 Å². The van der Waals surface area contributed by atoms with E-state index in [0.717, 1.165) is 11.1 Å². The number of nitrogens with one attached hydrogen (secondary N) is 1. The summed E-state index contributed by atoms with van der Waals surface area (Å²) in [5.41, 5.74) is 4.67. The van der Waals surface area contributed by atoms with Crippen LogP contribution < -0.4 is 5.32 Å². The molecule has 1 unspecified atom stereocenters. The lowest BCUT2D eigenvalue weighted by molar-refractivity contribution is 0.415. The van der Waals surface area contributed by atoms with Gasteiger partial charge < -0.3 is 5.32 Å². The average Bonchev–Trinajstić information content (AvgIpc) is 2.38. The zero-order valence-corrected chi connectivity index (χ0v) is 12.7. The van der Waals surface area contributed by atoms with Gasteiger partial charge in [0.25, 0.3) is 0 Å². The fourth-order valence-electron chi connectivity index (χ4n) is 3.30. The lowest BCUT2D eigenvalue weighted by Gasteiger charge is -2.30. The van der Waals surface area contributed by atoms with Crippen LogP contribution in [0.3, 0.4) is 0 Å². The third-order valence-corrected chi connectivity index (χ3v) is 4.54. The molecule has 1 N–H and O–H groups in total. The van der Waals surface area contributed by atoms with Crippen molar-refractivity contribution in [2.75, 3.05) is 7.05 Å². The fraction of sp³-hybridized carbons (Fsp3) is 0.368. The molecular weight excluding hydrogens is 261 g/mol. The molecule has 2 heteroatoms. The molecule has 21 heavy (non-hydrogen) atoms. The SMILES string of the molecule is CNC(c1cc(C)cc(F)c1)c1ccccc1C1CCC1. The van der Waals surface area contributed by atoms with Gasteiger partial charge in [0, 0.05) is 0 Å². The van der Waals surface area contributed by atoms with Crippen LogP contribution in [0.2, 0.25) is 0 Å². The Bertz CT molecular complexity index is 611. The summed E-state index contributed by atoms with van der Waals surface area (Å²) in [5.74, 6) is 0.512. The molecule has 3 rings (SSSR count). The normalized spacial score (nSPS) is 16.5. The van der Waals surface area contributed by atoms with Gasteiger partial charge in [0.15, 0.2) is 0 Å². The molecule has 110 valence electrons. The lowest BCUT2D eigenvalue weighted by Crippen LogP contribution is -2.22. The van der Waals surface area contributed by atoms with Crippen molar-refractivity contribution in [2.24, 2.45) is 0 Å². The van der Waals surface area contributed by atoms with E-state index in [1.54, 1.807) is 12.1 Å². The lowest BCUT2D eigenvalue weighted by atomic mass is 9.76. The second-order valence-electron chi connectivity index (χ2n) is 6.04. The van der Waals surface area contributed by atoms with Crippen LogP contribution in [-0.2, 0) is 0 Å². The average molecular weight is 283 g/mol. The van der Waals surface area contributed by atoms with Crippen molar-refractivity contribution in [1.82, 2.24) is 5.32 Å². The minimum atomic E-state index is -0.161. The highest BCUT2D eigenvalue weighted by atomic mass is 19.1.